The van der Waals surface area contributed by atoms with Crippen LogP contribution in [0.2, 0.25) is 10.0 Å². The molecule has 9 heteroatoms. The Labute approximate surface area is 159 Å². The molecule has 0 spiro atoms. The molecule has 3 rings (SSSR count). The molecule has 1 amide bonds. The van der Waals surface area contributed by atoms with Crippen LogP contribution in [-0.4, -0.2) is 46.1 Å². The lowest BCUT2D eigenvalue weighted by Gasteiger charge is -2.21. The predicted molar refractivity (Wildman–Crippen MR) is 96.1 cm³/mol. The molecule has 2 aromatic rings. The van der Waals surface area contributed by atoms with Crippen LogP contribution in [0, 0.1) is 0 Å². The van der Waals surface area contributed by atoms with Gasteiger partial charge in [-0.2, -0.15) is 5.10 Å². The monoisotopic (exact) mass is 399 g/mol. The Hall–Kier alpha value is -2.09. The molecular weight excluding hydrogens is 384 g/mol. The summed E-state index contributed by atoms with van der Waals surface area (Å²) in [5.74, 6) is -0.570. The van der Waals surface area contributed by atoms with Crippen LogP contribution in [-0.2, 0) is 17.9 Å². The average Bonchev–Trinajstić information content (AvgIpc) is 3.00. The number of hydrogen-bond acceptors (Lipinski definition) is 3. The van der Waals surface area contributed by atoms with E-state index in [1.807, 2.05) is 0 Å². The Morgan fingerprint density at radius 1 is 1.42 bits per heavy atom. The van der Waals surface area contributed by atoms with Gasteiger partial charge < -0.3 is 14.7 Å². The number of rotatable bonds is 4. The number of hydrogen-bond donors (Lipinski definition) is 1. The van der Waals surface area contributed by atoms with Crippen molar-refractivity contribution < 1.29 is 19.0 Å². The van der Waals surface area contributed by atoms with E-state index in [0.717, 1.165) is 16.0 Å². The van der Waals surface area contributed by atoms with Crippen LogP contribution in [0.25, 0.3) is 5.57 Å². The van der Waals surface area contributed by atoms with E-state index in [9.17, 15) is 9.18 Å². The molecule has 1 aromatic carbocycles. The van der Waals surface area contributed by atoms with Crippen molar-refractivity contribution in [3.63, 3.8) is 0 Å². The topological polar surface area (TPSA) is 67.6 Å². The Kier molecular flexibility index (Phi) is 5.50. The number of carboxylic acid groups (broad SMARTS) is 1. The highest BCUT2D eigenvalue weighted by Crippen LogP contribution is 2.31. The molecule has 26 heavy (non-hydrogen) atoms. The first-order valence-electron chi connectivity index (χ1n) is 7.75. The van der Waals surface area contributed by atoms with Crippen molar-refractivity contribution in [3.05, 3.63) is 57.1 Å². The van der Waals surface area contributed by atoms with Gasteiger partial charge in [-0.15, -0.1) is 0 Å². The normalized spacial score (nSPS) is 15.5. The second-order valence-electron chi connectivity index (χ2n) is 5.93. The highest BCUT2D eigenvalue weighted by Gasteiger charge is 2.25. The molecule has 2 heterocycles. The van der Waals surface area contributed by atoms with Crippen molar-refractivity contribution in [1.29, 1.82) is 0 Å². The highest BCUT2D eigenvalue weighted by molar-refractivity contribution is 6.35. The molecule has 138 valence electrons. The van der Waals surface area contributed by atoms with E-state index in [1.54, 1.807) is 29.1 Å². The van der Waals surface area contributed by atoms with E-state index in [1.165, 1.54) is 7.05 Å². The minimum Gasteiger partial charge on any atom is -0.465 e. The second-order valence-corrected chi connectivity index (χ2v) is 6.77. The summed E-state index contributed by atoms with van der Waals surface area (Å²) in [6.45, 7) is 0.332. The SMILES string of the molecule is CN(C/C(F)=C1\COCc2cnn(Cc3ccc(Cl)cc3Cl)c21)C(=O)O. The summed E-state index contributed by atoms with van der Waals surface area (Å²) in [4.78, 5) is 11.8. The minimum absolute atomic E-state index is 0.0480. The zero-order chi connectivity index (χ0) is 18.8. The number of nitrogens with zero attached hydrogens (tertiary/aromatic N) is 3. The first-order valence-corrected chi connectivity index (χ1v) is 8.50. The predicted octanol–water partition coefficient (Wildman–Crippen LogP) is 4.06. The van der Waals surface area contributed by atoms with Gasteiger partial charge in [-0.05, 0) is 17.7 Å². The van der Waals surface area contributed by atoms with E-state index in [-0.39, 0.29) is 13.2 Å². The smallest absolute Gasteiger partial charge is 0.407 e. The number of ether oxygens (including phenoxy) is 1. The molecule has 0 bridgehead atoms. The maximum absolute atomic E-state index is 14.7. The standard InChI is InChI=1S/C17H16Cl2FN3O3/c1-22(17(24)25)7-15(20)13-9-26-8-11-5-21-23(16(11)13)6-10-2-3-12(18)4-14(10)19/h2-5H,6-9H2,1H3,(H,24,25)/b15-13-. The number of carbonyl (C=O) groups is 1. The van der Waals surface area contributed by atoms with Gasteiger partial charge in [0, 0.05) is 28.2 Å². The van der Waals surface area contributed by atoms with Gasteiger partial charge in [0.05, 0.1) is 38.2 Å². The van der Waals surface area contributed by atoms with Gasteiger partial charge in [0.2, 0.25) is 0 Å². The molecule has 0 saturated carbocycles. The molecule has 1 aliphatic heterocycles. The van der Waals surface area contributed by atoms with Gasteiger partial charge in [0.1, 0.15) is 5.83 Å². The van der Waals surface area contributed by atoms with Gasteiger partial charge in [0.15, 0.2) is 0 Å². The molecule has 0 radical (unpaired) electrons. The highest BCUT2D eigenvalue weighted by atomic mass is 35.5. The molecule has 0 unspecified atom stereocenters. The zero-order valence-electron chi connectivity index (χ0n) is 13.9. The molecular formula is C17H16Cl2FN3O3. The minimum atomic E-state index is -1.21. The lowest BCUT2D eigenvalue weighted by Crippen LogP contribution is -2.27. The molecule has 0 aliphatic carbocycles. The molecule has 1 aliphatic rings. The number of likely N-dealkylation sites (N-methyl/N-ethyl adjacent to an activating group) is 1. The fourth-order valence-electron chi connectivity index (χ4n) is 2.72. The third-order valence-electron chi connectivity index (χ3n) is 4.07. The maximum Gasteiger partial charge on any atom is 0.407 e. The van der Waals surface area contributed by atoms with Crippen molar-refractivity contribution in [3.8, 4) is 0 Å². The van der Waals surface area contributed by atoms with Crippen LogP contribution in [0.5, 0.6) is 0 Å². The number of fused-ring (bicyclic) bond motifs is 1. The van der Waals surface area contributed by atoms with Crippen molar-refractivity contribution in [1.82, 2.24) is 14.7 Å². The largest absolute Gasteiger partial charge is 0.465 e. The summed E-state index contributed by atoms with van der Waals surface area (Å²) in [6.07, 6.45) is 0.408. The van der Waals surface area contributed by atoms with Crippen LogP contribution in [0.15, 0.2) is 30.2 Å². The van der Waals surface area contributed by atoms with E-state index >= 15 is 0 Å². The fraction of sp³-hybridized carbons (Fsp3) is 0.294. The van der Waals surface area contributed by atoms with Crippen LogP contribution >= 0.6 is 23.2 Å². The average molecular weight is 400 g/mol. The van der Waals surface area contributed by atoms with Gasteiger partial charge in [-0.25, -0.2) is 9.18 Å². The van der Waals surface area contributed by atoms with Crippen LogP contribution in [0.1, 0.15) is 16.8 Å². The Bertz CT molecular complexity index is 882. The molecule has 0 fully saturated rings. The Balaban J connectivity index is 1.96. The van der Waals surface area contributed by atoms with Gasteiger partial charge in [-0.3, -0.25) is 4.68 Å². The maximum atomic E-state index is 14.7. The lowest BCUT2D eigenvalue weighted by atomic mass is 10.1. The van der Waals surface area contributed by atoms with Crippen molar-refractivity contribution in [2.75, 3.05) is 20.2 Å². The molecule has 0 saturated heterocycles. The fourth-order valence-corrected chi connectivity index (χ4v) is 3.19. The van der Waals surface area contributed by atoms with E-state index in [4.69, 9.17) is 33.0 Å². The van der Waals surface area contributed by atoms with E-state index in [0.29, 0.717) is 34.5 Å². The van der Waals surface area contributed by atoms with Crippen LogP contribution in [0.4, 0.5) is 9.18 Å². The Morgan fingerprint density at radius 3 is 2.88 bits per heavy atom. The van der Waals surface area contributed by atoms with Crippen molar-refractivity contribution in [2.24, 2.45) is 0 Å². The summed E-state index contributed by atoms with van der Waals surface area (Å²) in [5.41, 5.74) is 2.42. The third-order valence-corrected chi connectivity index (χ3v) is 4.66. The van der Waals surface area contributed by atoms with Gasteiger partial charge in [0.25, 0.3) is 0 Å². The number of aromatic nitrogens is 2. The zero-order valence-corrected chi connectivity index (χ0v) is 15.4. The number of benzene rings is 1. The number of halogens is 3. The van der Waals surface area contributed by atoms with Crippen molar-refractivity contribution in [2.45, 2.75) is 13.2 Å². The molecule has 1 N–H and O–H groups in total. The van der Waals surface area contributed by atoms with Crippen LogP contribution in [0.3, 0.4) is 0 Å². The van der Waals surface area contributed by atoms with E-state index in [2.05, 4.69) is 5.10 Å². The number of amides is 1. The summed E-state index contributed by atoms with van der Waals surface area (Å²) in [5, 5.41) is 14.3. The van der Waals surface area contributed by atoms with E-state index < -0.39 is 11.9 Å². The van der Waals surface area contributed by atoms with Crippen molar-refractivity contribution >= 4 is 34.9 Å². The molecule has 6 nitrogen and oxygen atoms in total. The summed E-state index contributed by atoms with van der Waals surface area (Å²) < 4.78 is 21.8. The summed E-state index contributed by atoms with van der Waals surface area (Å²) >= 11 is 12.1. The van der Waals surface area contributed by atoms with Crippen LogP contribution < -0.4 is 0 Å². The summed E-state index contributed by atoms with van der Waals surface area (Å²) in [6, 6.07) is 5.15. The lowest BCUT2D eigenvalue weighted by molar-refractivity contribution is 0.142. The van der Waals surface area contributed by atoms with Gasteiger partial charge >= 0.3 is 6.09 Å². The third kappa shape index (κ3) is 3.85. The first kappa shape index (κ1) is 18.7. The second kappa shape index (κ2) is 7.65. The molecule has 1 aromatic heterocycles. The first-order chi connectivity index (χ1) is 12.4. The quantitative estimate of drug-likeness (QED) is 0.841. The molecule has 0 atom stereocenters. The summed E-state index contributed by atoms with van der Waals surface area (Å²) in [7, 11) is 1.30. The Morgan fingerprint density at radius 2 is 2.19 bits per heavy atom. The van der Waals surface area contributed by atoms with Gasteiger partial charge in [-0.1, -0.05) is 29.3 Å².